The molecule has 0 unspecified atom stereocenters. The van der Waals surface area contributed by atoms with Crippen molar-refractivity contribution in [1.82, 2.24) is 0 Å². The fraction of sp³-hybridized carbons (Fsp3) is 0.417. The molecule has 0 amide bonds. The molecule has 1 rings (SSSR count). The molecule has 94 valence electrons. The Labute approximate surface area is 101 Å². The summed E-state index contributed by atoms with van der Waals surface area (Å²) in [5.74, 6) is 1.11. The molecule has 0 aliphatic heterocycles. The predicted molar refractivity (Wildman–Crippen MR) is 68.9 cm³/mol. The smallest absolute Gasteiger partial charge is 0.139 e. The second-order valence-corrected chi connectivity index (χ2v) is 3.80. The number of ether oxygens (including phenoxy) is 1. The summed E-state index contributed by atoms with van der Waals surface area (Å²) in [6, 6.07) is 5.88. The van der Waals surface area contributed by atoms with Gasteiger partial charge in [-0.1, -0.05) is 5.16 Å². The van der Waals surface area contributed by atoms with Gasteiger partial charge in [-0.3, -0.25) is 0 Å². The number of nitrogens with zero attached hydrogens (tertiary/aromatic N) is 1. The molecule has 0 heterocycles. The van der Waals surface area contributed by atoms with E-state index in [2.05, 4.69) is 10.5 Å². The Bertz CT molecular complexity index is 391. The zero-order valence-corrected chi connectivity index (χ0v) is 10.2. The van der Waals surface area contributed by atoms with Gasteiger partial charge in [-0.2, -0.15) is 0 Å². The molecule has 0 aliphatic rings. The van der Waals surface area contributed by atoms with Gasteiger partial charge in [0.15, 0.2) is 0 Å². The minimum atomic E-state index is 0.262. The first-order chi connectivity index (χ1) is 8.17. The van der Waals surface area contributed by atoms with Crippen molar-refractivity contribution in [3.8, 4) is 5.75 Å². The topological polar surface area (TPSA) is 79.9 Å². The van der Waals surface area contributed by atoms with Gasteiger partial charge in [-0.15, -0.1) is 0 Å². The number of rotatable bonds is 6. The molecule has 0 spiro atoms. The van der Waals surface area contributed by atoms with Crippen molar-refractivity contribution in [2.24, 2.45) is 10.9 Å². The third-order valence-electron chi connectivity index (χ3n) is 2.49. The van der Waals surface area contributed by atoms with Crippen LogP contribution < -0.4 is 15.8 Å². The van der Waals surface area contributed by atoms with E-state index in [9.17, 15) is 0 Å². The van der Waals surface area contributed by atoms with Crippen LogP contribution in [0.25, 0.3) is 0 Å². The third-order valence-corrected chi connectivity index (χ3v) is 2.49. The molecule has 5 nitrogen and oxygen atoms in total. The van der Waals surface area contributed by atoms with Crippen LogP contribution in [0.3, 0.4) is 0 Å². The molecule has 17 heavy (non-hydrogen) atoms. The van der Waals surface area contributed by atoms with Crippen molar-refractivity contribution in [3.05, 3.63) is 23.8 Å². The summed E-state index contributed by atoms with van der Waals surface area (Å²) in [7, 11) is 1.65. The summed E-state index contributed by atoms with van der Waals surface area (Å²) in [6.45, 7) is 2.80. The van der Waals surface area contributed by atoms with E-state index in [4.69, 9.17) is 15.7 Å². The number of nitrogens with one attached hydrogen (secondary N) is 1. The first-order valence-electron chi connectivity index (χ1n) is 5.52. The average Bonchev–Trinajstić information content (AvgIpc) is 2.35. The summed E-state index contributed by atoms with van der Waals surface area (Å²) >= 11 is 0. The van der Waals surface area contributed by atoms with Gasteiger partial charge in [0.25, 0.3) is 0 Å². The number of hydrogen-bond donors (Lipinski definition) is 3. The fourth-order valence-corrected chi connectivity index (χ4v) is 1.50. The Hall–Kier alpha value is -1.91. The first kappa shape index (κ1) is 13.2. The van der Waals surface area contributed by atoms with Gasteiger partial charge < -0.3 is 21.0 Å². The highest BCUT2D eigenvalue weighted by Crippen LogP contribution is 2.20. The Morgan fingerprint density at radius 2 is 2.29 bits per heavy atom. The summed E-state index contributed by atoms with van der Waals surface area (Å²) in [4.78, 5) is 0. The molecule has 0 saturated carbocycles. The number of benzene rings is 1. The van der Waals surface area contributed by atoms with Crippen LogP contribution in [0.5, 0.6) is 5.75 Å². The molecule has 4 N–H and O–H groups in total. The number of methoxy groups -OCH3 is 1. The van der Waals surface area contributed by atoms with Crippen molar-refractivity contribution in [2.45, 2.75) is 19.8 Å². The standard InChI is InChI=1S/C12H19N3O2/c1-9-8-10(17-2)5-6-11(9)14-7-3-4-12(13)15-16/h5-6,8,14,16H,3-4,7H2,1-2H3,(H2,13,15). The number of anilines is 1. The highest BCUT2D eigenvalue weighted by Gasteiger charge is 2.00. The van der Waals surface area contributed by atoms with Crippen molar-refractivity contribution in [1.29, 1.82) is 0 Å². The van der Waals surface area contributed by atoms with Gasteiger partial charge in [-0.05, 0) is 37.1 Å². The number of hydrogen-bond acceptors (Lipinski definition) is 4. The lowest BCUT2D eigenvalue weighted by atomic mass is 10.2. The van der Waals surface area contributed by atoms with E-state index >= 15 is 0 Å². The average molecular weight is 237 g/mol. The van der Waals surface area contributed by atoms with E-state index in [-0.39, 0.29) is 5.84 Å². The van der Waals surface area contributed by atoms with E-state index < -0.39 is 0 Å². The number of amidine groups is 1. The summed E-state index contributed by atoms with van der Waals surface area (Å²) in [5, 5.41) is 14.6. The molecule has 1 aromatic carbocycles. The zero-order valence-electron chi connectivity index (χ0n) is 10.2. The number of oxime groups is 1. The van der Waals surface area contributed by atoms with E-state index in [1.165, 1.54) is 0 Å². The van der Waals surface area contributed by atoms with E-state index in [0.717, 1.165) is 30.0 Å². The van der Waals surface area contributed by atoms with Crippen LogP contribution in [0.4, 0.5) is 5.69 Å². The molecule has 0 atom stereocenters. The maximum Gasteiger partial charge on any atom is 0.139 e. The van der Waals surface area contributed by atoms with Crippen LogP contribution in [-0.2, 0) is 0 Å². The van der Waals surface area contributed by atoms with Crippen LogP contribution in [0.1, 0.15) is 18.4 Å². The maximum absolute atomic E-state index is 8.38. The van der Waals surface area contributed by atoms with Gasteiger partial charge in [0.05, 0.1) is 7.11 Å². The normalized spacial score (nSPS) is 11.3. The summed E-state index contributed by atoms with van der Waals surface area (Å²) in [6.07, 6.45) is 1.40. The monoisotopic (exact) mass is 237 g/mol. The van der Waals surface area contributed by atoms with E-state index in [1.807, 2.05) is 25.1 Å². The van der Waals surface area contributed by atoms with Gasteiger partial charge in [0.1, 0.15) is 11.6 Å². The SMILES string of the molecule is COc1ccc(NCCC/C(N)=N/O)c(C)c1. The number of aryl methyl sites for hydroxylation is 1. The Kier molecular flexibility index (Phi) is 5.13. The Balaban J connectivity index is 2.42. The van der Waals surface area contributed by atoms with Crippen molar-refractivity contribution in [3.63, 3.8) is 0 Å². The fourth-order valence-electron chi connectivity index (χ4n) is 1.50. The second-order valence-electron chi connectivity index (χ2n) is 3.80. The quantitative estimate of drug-likeness (QED) is 0.232. The Morgan fingerprint density at radius 1 is 1.53 bits per heavy atom. The lowest BCUT2D eigenvalue weighted by molar-refractivity contribution is 0.316. The first-order valence-corrected chi connectivity index (χ1v) is 5.52. The number of nitrogens with two attached hydrogens (primary N) is 1. The largest absolute Gasteiger partial charge is 0.497 e. The maximum atomic E-state index is 8.38. The van der Waals surface area contributed by atoms with Crippen molar-refractivity contribution in [2.75, 3.05) is 19.0 Å². The van der Waals surface area contributed by atoms with Gasteiger partial charge in [0, 0.05) is 18.7 Å². The molecule has 1 aromatic rings. The van der Waals surface area contributed by atoms with Crippen LogP contribution in [-0.4, -0.2) is 24.7 Å². The lowest BCUT2D eigenvalue weighted by Gasteiger charge is -2.10. The van der Waals surface area contributed by atoms with Crippen LogP contribution in [0.15, 0.2) is 23.4 Å². The van der Waals surface area contributed by atoms with E-state index in [1.54, 1.807) is 7.11 Å². The highest BCUT2D eigenvalue weighted by atomic mass is 16.5. The van der Waals surface area contributed by atoms with Crippen LogP contribution in [0, 0.1) is 6.92 Å². The molecule has 0 saturated heterocycles. The zero-order chi connectivity index (χ0) is 12.7. The van der Waals surface area contributed by atoms with Crippen molar-refractivity contribution < 1.29 is 9.94 Å². The molecule has 0 aliphatic carbocycles. The molecule has 0 fully saturated rings. The molecular formula is C12H19N3O2. The van der Waals surface area contributed by atoms with Gasteiger partial charge in [0.2, 0.25) is 0 Å². The lowest BCUT2D eigenvalue weighted by Crippen LogP contribution is -2.13. The summed E-state index contributed by atoms with van der Waals surface area (Å²) < 4.78 is 5.13. The molecule has 0 bridgehead atoms. The predicted octanol–water partition coefficient (Wildman–Crippen LogP) is 1.94. The molecule has 0 radical (unpaired) electrons. The van der Waals surface area contributed by atoms with Crippen LogP contribution in [0.2, 0.25) is 0 Å². The minimum absolute atomic E-state index is 0.262. The minimum Gasteiger partial charge on any atom is -0.497 e. The Morgan fingerprint density at radius 3 is 2.88 bits per heavy atom. The van der Waals surface area contributed by atoms with E-state index in [0.29, 0.717) is 6.42 Å². The van der Waals surface area contributed by atoms with Gasteiger partial charge in [-0.25, -0.2) is 0 Å². The van der Waals surface area contributed by atoms with Gasteiger partial charge >= 0.3 is 0 Å². The molecule has 5 heteroatoms. The highest BCUT2D eigenvalue weighted by molar-refractivity contribution is 5.79. The van der Waals surface area contributed by atoms with Crippen LogP contribution >= 0.6 is 0 Å². The molecule has 0 aromatic heterocycles. The second kappa shape index (κ2) is 6.62. The third kappa shape index (κ3) is 4.22. The van der Waals surface area contributed by atoms with Crippen molar-refractivity contribution >= 4 is 11.5 Å². The molecular weight excluding hydrogens is 218 g/mol. The summed E-state index contributed by atoms with van der Waals surface area (Å²) in [5.41, 5.74) is 7.58.